The molecule has 3 aromatic rings. The fourth-order valence-electron chi connectivity index (χ4n) is 3.45. The molecule has 1 aliphatic rings. The number of fused-ring (bicyclic) bond motifs is 1. The summed E-state index contributed by atoms with van der Waals surface area (Å²) in [5, 5.41) is 7.53. The maximum atomic E-state index is 12.8. The van der Waals surface area contributed by atoms with E-state index in [1.165, 1.54) is 0 Å². The van der Waals surface area contributed by atoms with Gasteiger partial charge in [0.2, 0.25) is 0 Å². The van der Waals surface area contributed by atoms with Crippen LogP contribution in [0.25, 0.3) is 5.65 Å². The summed E-state index contributed by atoms with van der Waals surface area (Å²) in [4.78, 5) is 25.9. The maximum Gasteiger partial charge on any atom is 0.277 e. The number of anilines is 2. The molecule has 1 aliphatic heterocycles. The summed E-state index contributed by atoms with van der Waals surface area (Å²) in [5.41, 5.74) is 1.73. The van der Waals surface area contributed by atoms with Crippen molar-refractivity contribution >= 4 is 23.2 Å². The van der Waals surface area contributed by atoms with Gasteiger partial charge in [-0.1, -0.05) is 6.07 Å². The van der Waals surface area contributed by atoms with Crippen LogP contribution in [0.1, 0.15) is 22.6 Å². The van der Waals surface area contributed by atoms with Crippen LogP contribution in [0.4, 0.5) is 11.6 Å². The van der Waals surface area contributed by atoms with Crippen LogP contribution in [0.5, 0.6) is 0 Å². The van der Waals surface area contributed by atoms with E-state index >= 15 is 0 Å². The van der Waals surface area contributed by atoms with Gasteiger partial charge < -0.3 is 15.1 Å². The smallest absolute Gasteiger partial charge is 0.277 e. The monoisotopic (exact) mass is 365 g/mol. The molecule has 1 fully saturated rings. The van der Waals surface area contributed by atoms with E-state index in [2.05, 4.69) is 39.2 Å². The van der Waals surface area contributed by atoms with Crippen LogP contribution in [-0.2, 0) is 0 Å². The second-order valence-corrected chi connectivity index (χ2v) is 7.03. The second kappa shape index (κ2) is 6.96. The molecule has 0 bridgehead atoms. The second-order valence-electron chi connectivity index (χ2n) is 7.03. The van der Waals surface area contributed by atoms with Crippen LogP contribution >= 0.6 is 0 Å². The lowest BCUT2D eigenvalue weighted by atomic mass is 10.2. The van der Waals surface area contributed by atoms with Crippen molar-refractivity contribution in [3.8, 4) is 0 Å². The first kappa shape index (κ1) is 17.4. The fourth-order valence-corrected chi connectivity index (χ4v) is 3.45. The van der Waals surface area contributed by atoms with E-state index in [1.807, 2.05) is 25.1 Å². The molecule has 4 heterocycles. The first-order chi connectivity index (χ1) is 13.0. The molecule has 1 saturated heterocycles. The van der Waals surface area contributed by atoms with Crippen molar-refractivity contribution in [3.63, 3.8) is 0 Å². The molecule has 0 aromatic carbocycles. The van der Waals surface area contributed by atoms with Crippen molar-refractivity contribution in [1.82, 2.24) is 24.5 Å². The number of carbonyl (C=O) groups is 1. The number of carbonyl (C=O) groups excluding carboxylic acids is 1. The van der Waals surface area contributed by atoms with Crippen molar-refractivity contribution in [2.75, 3.05) is 37.4 Å². The summed E-state index contributed by atoms with van der Waals surface area (Å²) in [6, 6.07) is 9.78. The molecule has 8 heteroatoms. The van der Waals surface area contributed by atoms with Crippen LogP contribution in [0.2, 0.25) is 0 Å². The van der Waals surface area contributed by atoms with E-state index in [1.54, 1.807) is 22.8 Å². The highest BCUT2D eigenvalue weighted by molar-refractivity contribution is 6.03. The third-order valence-electron chi connectivity index (χ3n) is 4.98. The Morgan fingerprint density at radius 1 is 1.26 bits per heavy atom. The first-order valence-corrected chi connectivity index (χ1v) is 9.03. The van der Waals surface area contributed by atoms with Gasteiger partial charge in [0, 0.05) is 25.3 Å². The molecule has 0 spiro atoms. The third kappa shape index (κ3) is 3.35. The van der Waals surface area contributed by atoms with Crippen LogP contribution < -0.4 is 10.2 Å². The van der Waals surface area contributed by atoms with Crippen molar-refractivity contribution in [1.29, 1.82) is 0 Å². The van der Waals surface area contributed by atoms with E-state index in [0.29, 0.717) is 28.9 Å². The Hall–Kier alpha value is -3.00. The molecule has 1 N–H and O–H groups in total. The van der Waals surface area contributed by atoms with Crippen LogP contribution in [-0.4, -0.2) is 63.6 Å². The van der Waals surface area contributed by atoms with Crippen molar-refractivity contribution < 1.29 is 4.79 Å². The quantitative estimate of drug-likeness (QED) is 0.760. The largest absolute Gasteiger partial charge is 0.354 e. The Morgan fingerprint density at radius 3 is 2.81 bits per heavy atom. The zero-order valence-corrected chi connectivity index (χ0v) is 15.8. The van der Waals surface area contributed by atoms with Gasteiger partial charge in [-0.15, -0.1) is 5.10 Å². The minimum Gasteiger partial charge on any atom is -0.354 e. The Labute approximate surface area is 157 Å². The highest BCUT2D eigenvalue weighted by Crippen LogP contribution is 2.22. The zero-order chi connectivity index (χ0) is 19.0. The predicted octanol–water partition coefficient (Wildman–Crippen LogP) is 1.83. The molecule has 140 valence electrons. The van der Waals surface area contributed by atoms with Gasteiger partial charge in [0.05, 0.1) is 5.69 Å². The van der Waals surface area contributed by atoms with Crippen LogP contribution in [0, 0.1) is 6.92 Å². The number of likely N-dealkylation sites (N-methyl/N-ethyl adjacent to an activating group) is 1. The van der Waals surface area contributed by atoms with E-state index in [-0.39, 0.29) is 5.91 Å². The number of pyridine rings is 1. The van der Waals surface area contributed by atoms with Gasteiger partial charge in [0.25, 0.3) is 5.91 Å². The number of aryl methyl sites for hydroxylation is 1. The predicted molar refractivity (Wildman–Crippen MR) is 104 cm³/mol. The number of amides is 1. The zero-order valence-electron chi connectivity index (χ0n) is 15.8. The Kier molecular flexibility index (Phi) is 4.49. The molecule has 0 saturated carbocycles. The molecule has 1 atom stereocenters. The minimum atomic E-state index is -0.268. The van der Waals surface area contributed by atoms with Gasteiger partial charge in [0.1, 0.15) is 11.6 Å². The lowest BCUT2D eigenvalue weighted by Gasteiger charge is -2.21. The lowest BCUT2D eigenvalue weighted by molar-refractivity contribution is 0.101. The molecular weight excluding hydrogens is 342 g/mol. The van der Waals surface area contributed by atoms with Gasteiger partial charge in [-0.25, -0.2) is 14.5 Å². The lowest BCUT2D eigenvalue weighted by Crippen LogP contribution is -2.32. The first-order valence-electron chi connectivity index (χ1n) is 9.03. The number of hydrogen-bond donors (Lipinski definition) is 1. The Balaban J connectivity index is 1.65. The molecule has 27 heavy (non-hydrogen) atoms. The van der Waals surface area contributed by atoms with Gasteiger partial charge in [-0.05, 0) is 51.7 Å². The third-order valence-corrected chi connectivity index (χ3v) is 4.98. The number of aromatic nitrogens is 4. The Bertz CT molecular complexity index is 967. The summed E-state index contributed by atoms with van der Waals surface area (Å²) in [6.07, 6.45) is 2.74. The van der Waals surface area contributed by atoms with E-state index in [4.69, 9.17) is 5.10 Å². The molecule has 8 nitrogen and oxygen atoms in total. The molecule has 3 aromatic heterocycles. The highest BCUT2D eigenvalue weighted by Gasteiger charge is 2.26. The summed E-state index contributed by atoms with van der Waals surface area (Å²) in [7, 11) is 4.20. The summed E-state index contributed by atoms with van der Waals surface area (Å²) >= 11 is 0. The van der Waals surface area contributed by atoms with Crippen molar-refractivity contribution in [2.45, 2.75) is 19.4 Å². The fraction of sp³-hybridized carbons (Fsp3) is 0.368. The van der Waals surface area contributed by atoms with Gasteiger partial charge >= 0.3 is 0 Å². The average Bonchev–Trinajstić information content (AvgIpc) is 3.26. The number of rotatable bonds is 4. The van der Waals surface area contributed by atoms with Crippen molar-refractivity contribution in [2.24, 2.45) is 0 Å². The average molecular weight is 365 g/mol. The number of nitrogens with zero attached hydrogens (tertiary/aromatic N) is 6. The molecule has 4 rings (SSSR count). The molecule has 0 aliphatic carbocycles. The molecule has 0 radical (unpaired) electrons. The summed E-state index contributed by atoms with van der Waals surface area (Å²) in [6.45, 7) is 3.69. The molecule has 0 unspecified atom stereocenters. The van der Waals surface area contributed by atoms with Crippen LogP contribution in [0.15, 0.2) is 36.5 Å². The number of nitrogens with one attached hydrogen (secondary N) is 1. The SMILES string of the molecule is Cc1nc2ccc(N3CC[C@H](N(C)C)C3)nn2c1C(=O)Nc1ccccn1. The van der Waals surface area contributed by atoms with Gasteiger partial charge in [0.15, 0.2) is 11.3 Å². The van der Waals surface area contributed by atoms with E-state index < -0.39 is 0 Å². The van der Waals surface area contributed by atoms with E-state index in [9.17, 15) is 4.79 Å². The van der Waals surface area contributed by atoms with Gasteiger partial charge in [-0.3, -0.25) is 4.79 Å². The molecular formula is C19H23N7O. The van der Waals surface area contributed by atoms with Gasteiger partial charge in [-0.2, -0.15) is 0 Å². The number of hydrogen-bond acceptors (Lipinski definition) is 6. The summed E-state index contributed by atoms with van der Waals surface area (Å²) < 4.78 is 1.63. The molecule has 1 amide bonds. The topological polar surface area (TPSA) is 78.7 Å². The number of imidazole rings is 1. The normalized spacial score (nSPS) is 17.0. The highest BCUT2D eigenvalue weighted by atomic mass is 16.2. The van der Waals surface area contributed by atoms with Crippen LogP contribution in [0.3, 0.4) is 0 Å². The van der Waals surface area contributed by atoms with Crippen molar-refractivity contribution in [3.05, 3.63) is 47.9 Å². The maximum absolute atomic E-state index is 12.8. The summed E-state index contributed by atoms with van der Waals surface area (Å²) in [5.74, 6) is 1.09. The standard InChI is InChI=1S/C19H23N7O/c1-13-18(19(27)22-15-6-4-5-10-20-15)26-16(21-13)7-8-17(23-26)25-11-9-14(12-25)24(2)3/h4-8,10,14H,9,11-12H2,1-3H3,(H,20,22,27)/t14-/m0/s1. The minimum absolute atomic E-state index is 0.268. The Morgan fingerprint density at radius 2 is 2.11 bits per heavy atom. The van der Waals surface area contributed by atoms with E-state index in [0.717, 1.165) is 25.3 Å².